The minimum atomic E-state index is 0.589. The number of likely N-dealkylation sites (N-methyl/N-ethyl adjacent to an activating group) is 1. The van der Waals surface area contributed by atoms with Crippen LogP contribution in [-0.2, 0) is 0 Å². The number of hydrogen-bond donors (Lipinski definition) is 1. The Bertz CT molecular complexity index is 510. The average Bonchev–Trinajstić information content (AvgIpc) is 2.86. The zero-order valence-corrected chi connectivity index (χ0v) is 11.1. The molecule has 1 fully saturated rings. The van der Waals surface area contributed by atoms with Gasteiger partial charge in [-0.3, -0.25) is 0 Å². The van der Waals surface area contributed by atoms with Crippen LogP contribution in [-0.4, -0.2) is 30.6 Å². The van der Waals surface area contributed by atoms with Crippen molar-refractivity contribution < 1.29 is 0 Å². The Morgan fingerprint density at radius 3 is 3.00 bits per heavy atom. The SMILES string of the molecule is CC1CC(Nc2ccc3sccc3c2)CN1C. The van der Waals surface area contributed by atoms with E-state index in [0.717, 1.165) is 6.54 Å². The molecule has 2 heterocycles. The summed E-state index contributed by atoms with van der Waals surface area (Å²) in [5, 5.41) is 7.15. The summed E-state index contributed by atoms with van der Waals surface area (Å²) in [5.74, 6) is 0. The number of nitrogens with one attached hydrogen (secondary N) is 1. The van der Waals surface area contributed by atoms with E-state index in [1.54, 1.807) is 11.3 Å². The molecule has 1 aliphatic heterocycles. The number of benzene rings is 1. The zero-order valence-electron chi connectivity index (χ0n) is 10.3. The molecule has 3 heteroatoms. The number of nitrogens with zero attached hydrogens (tertiary/aromatic N) is 1. The Balaban J connectivity index is 1.76. The van der Waals surface area contributed by atoms with Crippen molar-refractivity contribution in [1.29, 1.82) is 0 Å². The third kappa shape index (κ3) is 2.17. The molecule has 0 radical (unpaired) electrons. The summed E-state index contributed by atoms with van der Waals surface area (Å²) in [6.07, 6.45) is 1.23. The molecule has 3 rings (SSSR count). The molecule has 0 spiro atoms. The highest BCUT2D eigenvalue weighted by Gasteiger charge is 2.25. The van der Waals surface area contributed by atoms with Gasteiger partial charge >= 0.3 is 0 Å². The van der Waals surface area contributed by atoms with Crippen LogP contribution < -0.4 is 5.32 Å². The van der Waals surface area contributed by atoms with Gasteiger partial charge in [0.15, 0.2) is 0 Å². The van der Waals surface area contributed by atoms with Crippen molar-refractivity contribution >= 4 is 27.1 Å². The molecule has 1 aromatic heterocycles. The van der Waals surface area contributed by atoms with Crippen molar-refractivity contribution in [3.05, 3.63) is 29.6 Å². The molecule has 2 nitrogen and oxygen atoms in total. The van der Waals surface area contributed by atoms with E-state index in [-0.39, 0.29) is 0 Å². The van der Waals surface area contributed by atoms with E-state index in [0.29, 0.717) is 12.1 Å². The highest BCUT2D eigenvalue weighted by atomic mass is 32.1. The fourth-order valence-corrected chi connectivity index (χ4v) is 3.36. The van der Waals surface area contributed by atoms with Crippen LogP contribution in [0, 0.1) is 0 Å². The lowest BCUT2D eigenvalue weighted by Gasteiger charge is -2.14. The van der Waals surface area contributed by atoms with E-state index in [1.165, 1.54) is 22.2 Å². The second-order valence-electron chi connectivity index (χ2n) is 5.04. The first-order valence-corrected chi connectivity index (χ1v) is 7.04. The molecule has 2 atom stereocenters. The Labute approximate surface area is 106 Å². The lowest BCUT2D eigenvalue weighted by Crippen LogP contribution is -2.24. The van der Waals surface area contributed by atoms with E-state index in [9.17, 15) is 0 Å². The first-order chi connectivity index (χ1) is 8.22. The summed E-state index contributed by atoms with van der Waals surface area (Å²) in [5.41, 5.74) is 1.25. The third-order valence-electron chi connectivity index (χ3n) is 3.71. The van der Waals surface area contributed by atoms with Crippen molar-refractivity contribution in [1.82, 2.24) is 4.90 Å². The van der Waals surface area contributed by atoms with Crippen molar-refractivity contribution in [2.75, 3.05) is 18.9 Å². The number of fused-ring (bicyclic) bond motifs is 1. The molecule has 2 unspecified atom stereocenters. The number of thiophene rings is 1. The van der Waals surface area contributed by atoms with Gasteiger partial charge in [-0.05, 0) is 55.4 Å². The fraction of sp³-hybridized carbons (Fsp3) is 0.429. The molecular formula is C14H18N2S. The summed E-state index contributed by atoms with van der Waals surface area (Å²) in [6, 6.07) is 10.1. The number of rotatable bonds is 2. The summed E-state index contributed by atoms with van der Waals surface area (Å²) >= 11 is 1.80. The molecule has 0 amide bonds. The monoisotopic (exact) mass is 246 g/mol. The van der Waals surface area contributed by atoms with Crippen molar-refractivity contribution in [2.45, 2.75) is 25.4 Å². The third-order valence-corrected chi connectivity index (χ3v) is 4.61. The molecule has 1 aliphatic rings. The maximum Gasteiger partial charge on any atom is 0.0403 e. The first-order valence-electron chi connectivity index (χ1n) is 6.16. The molecule has 0 aliphatic carbocycles. The van der Waals surface area contributed by atoms with Crippen LogP contribution in [0.2, 0.25) is 0 Å². The summed E-state index contributed by atoms with van der Waals surface area (Å²) in [6.45, 7) is 3.44. The molecule has 90 valence electrons. The van der Waals surface area contributed by atoms with Crippen LogP contribution in [0.3, 0.4) is 0 Å². The zero-order chi connectivity index (χ0) is 11.8. The van der Waals surface area contributed by atoms with Crippen molar-refractivity contribution in [3.63, 3.8) is 0 Å². The van der Waals surface area contributed by atoms with Crippen LogP contribution in [0.1, 0.15) is 13.3 Å². The maximum atomic E-state index is 3.65. The Morgan fingerprint density at radius 2 is 2.24 bits per heavy atom. The molecule has 0 saturated carbocycles. The molecule has 0 bridgehead atoms. The fourth-order valence-electron chi connectivity index (χ4n) is 2.59. The van der Waals surface area contributed by atoms with Crippen molar-refractivity contribution in [3.8, 4) is 0 Å². The Kier molecular flexibility index (Phi) is 2.81. The van der Waals surface area contributed by atoms with Crippen LogP contribution in [0.4, 0.5) is 5.69 Å². The average molecular weight is 246 g/mol. The summed E-state index contributed by atoms with van der Waals surface area (Å²) in [7, 11) is 2.20. The smallest absolute Gasteiger partial charge is 0.0403 e. The van der Waals surface area contributed by atoms with Gasteiger partial charge in [0.1, 0.15) is 0 Å². The van der Waals surface area contributed by atoms with E-state index in [4.69, 9.17) is 0 Å². The molecule has 1 N–H and O–H groups in total. The largest absolute Gasteiger partial charge is 0.381 e. The predicted octanol–water partition coefficient (Wildman–Crippen LogP) is 3.41. The minimum Gasteiger partial charge on any atom is -0.381 e. The molecule has 17 heavy (non-hydrogen) atoms. The van der Waals surface area contributed by atoms with Crippen LogP contribution in [0.5, 0.6) is 0 Å². The van der Waals surface area contributed by atoms with Gasteiger partial charge in [0, 0.05) is 29.0 Å². The quantitative estimate of drug-likeness (QED) is 0.873. The highest BCUT2D eigenvalue weighted by molar-refractivity contribution is 7.17. The van der Waals surface area contributed by atoms with Gasteiger partial charge in [-0.2, -0.15) is 0 Å². The van der Waals surface area contributed by atoms with Gasteiger partial charge in [-0.1, -0.05) is 0 Å². The lowest BCUT2D eigenvalue weighted by atomic mass is 10.1. The van der Waals surface area contributed by atoms with Gasteiger partial charge in [0.25, 0.3) is 0 Å². The first kappa shape index (κ1) is 11.1. The maximum absolute atomic E-state index is 3.65. The molecular weight excluding hydrogens is 228 g/mol. The van der Waals surface area contributed by atoms with Crippen LogP contribution >= 0.6 is 11.3 Å². The van der Waals surface area contributed by atoms with E-state index in [1.807, 2.05) is 0 Å². The Hall–Kier alpha value is -1.06. The van der Waals surface area contributed by atoms with E-state index in [2.05, 4.69) is 53.8 Å². The second-order valence-corrected chi connectivity index (χ2v) is 5.99. The molecule has 2 aromatic rings. The normalized spacial score (nSPS) is 25.5. The van der Waals surface area contributed by atoms with E-state index < -0.39 is 0 Å². The highest BCUT2D eigenvalue weighted by Crippen LogP contribution is 2.26. The van der Waals surface area contributed by atoms with Gasteiger partial charge in [0.2, 0.25) is 0 Å². The molecule has 1 saturated heterocycles. The minimum absolute atomic E-state index is 0.589. The van der Waals surface area contributed by atoms with Gasteiger partial charge in [-0.25, -0.2) is 0 Å². The topological polar surface area (TPSA) is 15.3 Å². The van der Waals surface area contributed by atoms with E-state index >= 15 is 0 Å². The summed E-state index contributed by atoms with van der Waals surface area (Å²) < 4.78 is 1.37. The summed E-state index contributed by atoms with van der Waals surface area (Å²) in [4.78, 5) is 2.42. The van der Waals surface area contributed by atoms with Crippen LogP contribution in [0.25, 0.3) is 10.1 Å². The standard InChI is InChI=1S/C14H18N2S/c1-10-7-13(9-16(10)2)15-12-3-4-14-11(8-12)5-6-17-14/h3-6,8,10,13,15H,7,9H2,1-2H3. The second kappa shape index (κ2) is 4.31. The van der Waals surface area contributed by atoms with Crippen molar-refractivity contribution in [2.24, 2.45) is 0 Å². The number of hydrogen-bond acceptors (Lipinski definition) is 3. The van der Waals surface area contributed by atoms with Crippen LogP contribution in [0.15, 0.2) is 29.6 Å². The predicted molar refractivity (Wildman–Crippen MR) is 75.9 cm³/mol. The number of anilines is 1. The lowest BCUT2D eigenvalue weighted by molar-refractivity contribution is 0.330. The van der Waals surface area contributed by atoms with Gasteiger partial charge in [-0.15, -0.1) is 11.3 Å². The van der Waals surface area contributed by atoms with Gasteiger partial charge < -0.3 is 10.2 Å². The van der Waals surface area contributed by atoms with Gasteiger partial charge in [0.05, 0.1) is 0 Å². The molecule has 1 aromatic carbocycles. The number of likely N-dealkylation sites (tertiary alicyclic amines) is 1. The Morgan fingerprint density at radius 1 is 1.35 bits per heavy atom.